The van der Waals surface area contributed by atoms with E-state index in [-0.39, 0.29) is 24.0 Å². The van der Waals surface area contributed by atoms with Gasteiger partial charge in [0.25, 0.3) is 5.91 Å². The number of nitrogens with one attached hydrogen (secondary N) is 1. The summed E-state index contributed by atoms with van der Waals surface area (Å²) in [5.41, 5.74) is 1.00. The van der Waals surface area contributed by atoms with Crippen molar-refractivity contribution >= 4 is 29.2 Å². The fraction of sp³-hybridized carbons (Fsp3) is 0.0476. The van der Waals surface area contributed by atoms with Crippen LogP contribution < -0.4 is 14.8 Å². The van der Waals surface area contributed by atoms with Gasteiger partial charge in [-0.1, -0.05) is 17.7 Å². The Hall–Kier alpha value is -3.38. The first-order valence-corrected chi connectivity index (χ1v) is 8.63. The van der Waals surface area contributed by atoms with E-state index in [0.29, 0.717) is 16.3 Å². The highest BCUT2D eigenvalue weighted by Crippen LogP contribution is 2.18. The quantitative estimate of drug-likeness (QED) is 0.481. The minimum Gasteiger partial charge on any atom is -0.482 e. The molecule has 0 saturated heterocycles. The van der Waals surface area contributed by atoms with Gasteiger partial charge in [0.05, 0.1) is 0 Å². The maximum absolute atomic E-state index is 13.1. The molecule has 0 aliphatic carbocycles. The number of amides is 1. The van der Waals surface area contributed by atoms with E-state index >= 15 is 0 Å². The van der Waals surface area contributed by atoms with E-state index in [9.17, 15) is 14.0 Å². The van der Waals surface area contributed by atoms with Gasteiger partial charge in [-0.05, 0) is 60.7 Å². The predicted molar refractivity (Wildman–Crippen MR) is 103 cm³/mol. The first-order chi connectivity index (χ1) is 13.5. The molecule has 1 amide bonds. The van der Waals surface area contributed by atoms with Crippen LogP contribution in [0.2, 0.25) is 5.02 Å². The van der Waals surface area contributed by atoms with Gasteiger partial charge in [0, 0.05) is 22.3 Å². The van der Waals surface area contributed by atoms with Crippen molar-refractivity contribution in [1.82, 2.24) is 0 Å². The zero-order valence-electron chi connectivity index (χ0n) is 14.5. The van der Waals surface area contributed by atoms with Crippen molar-refractivity contribution in [3.63, 3.8) is 0 Å². The Morgan fingerprint density at radius 1 is 0.929 bits per heavy atom. The van der Waals surface area contributed by atoms with Gasteiger partial charge >= 0.3 is 5.97 Å². The molecule has 0 fully saturated rings. The number of rotatable bonds is 6. The molecule has 28 heavy (non-hydrogen) atoms. The van der Waals surface area contributed by atoms with Gasteiger partial charge in [0.1, 0.15) is 17.3 Å². The van der Waals surface area contributed by atoms with Crippen molar-refractivity contribution in [3.8, 4) is 11.5 Å². The summed E-state index contributed by atoms with van der Waals surface area (Å²) < 4.78 is 23.4. The Bertz CT molecular complexity index is 974. The Balaban J connectivity index is 1.51. The number of carbonyl (C=O) groups excluding carboxylic acids is 2. The molecule has 5 nitrogen and oxygen atoms in total. The van der Waals surface area contributed by atoms with Crippen molar-refractivity contribution in [2.75, 3.05) is 11.9 Å². The van der Waals surface area contributed by atoms with Gasteiger partial charge in [0.2, 0.25) is 0 Å². The number of carbonyl (C=O) groups is 2. The average molecular weight is 400 g/mol. The van der Waals surface area contributed by atoms with E-state index in [4.69, 9.17) is 21.1 Å². The van der Waals surface area contributed by atoms with Crippen molar-refractivity contribution in [1.29, 1.82) is 0 Å². The second-order valence-electron chi connectivity index (χ2n) is 5.71. The molecular formula is C21H15ClFNO4. The molecule has 0 saturated carbocycles. The number of hydrogen-bond donors (Lipinski definition) is 1. The summed E-state index contributed by atoms with van der Waals surface area (Å²) >= 11 is 5.80. The fourth-order valence-corrected chi connectivity index (χ4v) is 2.40. The standard InChI is InChI=1S/C21H15ClFNO4/c22-15-6-4-14(5-7-15)21(26)24-17-8-10-18(11-9-17)28-20(25)13-27-19-3-1-2-16(23)12-19/h1-12H,13H2,(H,24,26). The van der Waals surface area contributed by atoms with Crippen molar-refractivity contribution in [2.45, 2.75) is 0 Å². The summed E-state index contributed by atoms with van der Waals surface area (Å²) in [7, 11) is 0. The van der Waals surface area contributed by atoms with Gasteiger partial charge in [0.15, 0.2) is 6.61 Å². The summed E-state index contributed by atoms with van der Waals surface area (Å²) in [5.74, 6) is -0.858. The van der Waals surface area contributed by atoms with Crippen LogP contribution in [0.4, 0.5) is 10.1 Å². The van der Waals surface area contributed by atoms with Gasteiger partial charge in [-0.25, -0.2) is 9.18 Å². The first kappa shape index (κ1) is 19.4. The van der Waals surface area contributed by atoms with Crippen LogP contribution in [0.25, 0.3) is 0 Å². The topological polar surface area (TPSA) is 64.6 Å². The molecule has 0 heterocycles. The molecule has 3 rings (SSSR count). The molecule has 0 aromatic heterocycles. The Kier molecular flexibility index (Phi) is 6.24. The lowest BCUT2D eigenvalue weighted by Gasteiger charge is -2.08. The smallest absolute Gasteiger partial charge is 0.349 e. The molecule has 0 bridgehead atoms. The van der Waals surface area contributed by atoms with Crippen LogP contribution in [0, 0.1) is 5.82 Å². The maximum Gasteiger partial charge on any atom is 0.349 e. The van der Waals surface area contributed by atoms with Crippen molar-refractivity contribution in [2.24, 2.45) is 0 Å². The molecule has 3 aromatic carbocycles. The van der Waals surface area contributed by atoms with Crippen LogP contribution in [0.3, 0.4) is 0 Å². The molecule has 1 N–H and O–H groups in total. The van der Waals surface area contributed by atoms with E-state index in [1.807, 2.05) is 0 Å². The molecule has 7 heteroatoms. The van der Waals surface area contributed by atoms with Crippen LogP contribution in [0.5, 0.6) is 11.5 Å². The zero-order chi connectivity index (χ0) is 19.9. The lowest BCUT2D eigenvalue weighted by molar-refractivity contribution is -0.136. The first-order valence-electron chi connectivity index (χ1n) is 8.25. The highest BCUT2D eigenvalue weighted by Gasteiger charge is 2.09. The summed E-state index contributed by atoms with van der Waals surface area (Å²) in [6.07, 6.45) is 0. The zero-order valence-corrected chi connectivity index (χ0v) is 15.3. The average Bonchev–Trinajstić information content (AvgIpc) is 2.68. The number of anilines is 1. The number of halogens is 2. The largest absolute Gasteiger partial charge is 0.482 e. The molecule has 142 valence electrons. The normalized spacial score (nSPS) is 10.2. The molecule has 0 unspecified atom stereocenters. The van der Waals surface area contributed by atoms with E-state index in [0.717, 1.165) is 0 Å². The third-order valence-corrected chi connectivity index (χ3v) is 3.86. The van der Waals surface area contributed by atoms with Crippen molar-refractivity contribution < 1.29 is 23.5 Å². The van der Waals surface area contributed by atoms with Crippen LogP contribution >= 0.6 is 11.6 Å². The van der Waals surface area contributed by atoms with Gasteiger partial charge < -0.3 is 14.8 Å². The minimum atomic E-state index is -0.637. The third kappa shape index (κ3) is 5.56. The second kappa shape index (κ2) is 9.01. The SMILES string of the molecule is O=C(COc1cccc(F)c1)Oc1ccc(NC(=O)c2ccc(Cl)cc2)cc1. The fourth-order valence-electron chi connectivity index (χ4n) is 2.27. The Labute approximate surface area is 165 Å². The maximum atomic E-state index is 13.1. The Morgan fingerprint density at radius 2 is 1.64 bits per heavy atom. The van der Waals surface area contributed by atoms with Crippen LogP contribution in [-0.4, -0.2) is 18.5 Å². The van der Waals surface area contributed by atoms with E-state index < -0.39 is 11.8 Å². The summed E-state index contributed by atoms with van der Waals surface area (Å²) in [4.78, 5) is 24.0. The molecule has 0 spiro atoms. The highest BCUT2D eigenvalue weighted by atomic mass is 35.5. The monoisotopic (exact) mass is 399 g/mol. The van der Waals surface area contributed by atoms with Crippen LogP contribution in [0.15, 0.2) is 72.8 Å². The molecule has 0 aliphatic rings. The molecule has 0 radical (unpaired) electrons. The molecule has 0 atom stereocenters. The van der Waals surface area contributed by atoms with E-state index in [1.165, 1.54) is 36.4 Å². The lowest BCUT2D eigenvalue weighted by Crippen LogP contribution is -2.17. The number of hydrogen-bond acceptors (Lipinski definition) is 4. The van der Waals surface area contributed by atoms with Gasteiger partial charge in [-0.15, -0.1) is 0 Å². The summed E-state index contributed by atoms with van der Waals surface area (Å²) in [6, 6.07) is 18.2. The predicted octanol–water partition coefficient (Wildman–Crippen LogP) is 4.72. The number of ether oxygens (including phenoxy) is 2. The van der Waals surface area contributed by atoms with Gasteiger partial charge in [-0.3, -0.25) is 4.79 Å². The molecule has 0 aliphatic heterocycles. The van der Waals surface area contributed by atoms with Gasteiger partial charge in [-0.2, -0.15) is 0 Å². The Morgan fingerprint density at radius 3 is 2.32 bits per heavy atom. The number of benzene rings is 3. The number of esters is 1. The molecular weight excluding hydrogens is 385 g/mol. The summed E-state index contributed by atoms with van der Waals surface area (Å²) in [5, 5.41) is 3.27. The van der Waals surface area contributed by atoms with Crippen molar-refractivity contribution in [3.05, 3.63) is 89.2 Å². The van der Waals surface area contributed by atoms with Crippen LogP contribution in [0.1, 0.15) is 10.4 Å². The highest BCUT2D eigenvalue weighted by molar-refractivity contribution is 6.30. The summed E-state index contributed by atoms with van der Waals surface area (Å²) in [6.45, 7) is -0.363. The second-order valence-corrected chi connectivity index (χ2v) is 6.14. The third-order valence-electron chi connectivity index (χ3n) is 3.60. The lowest BCUT2D eigenvalue weighted by atomic mass is 10.2. The van der Waals surface area contributed by atoms with E-state index in [1.54, 1.807) is 36.4 Å². The van der Waals surface area contributed by atoms with Crippen LogP contribution in [-0.2, 0) is 4.79 Å². The minimum absolute atomic E-state index is 0.234. The molecule has 3 aromatic rings. The van der Waals surface area contributed by atoms with E-state index in [2.05, 4.69) is 5.32 Å².